The second kappa shape index (κ2) is 6.91. The molecule has 14 heavy (non-hydrogen) atoms. The molecule has 1 atom stereocenters. The van der Waals surface area contributed by atoms with Crippen LogP contribution in [0.3, 0.4) is 0 Å². The summed E-state index contributed by atoms with van der Waals surface area (Å²) in [5, 5.41) is 0. The molecule has 1 aromatic carbocycles. The van der Waals surface area contributed by atoms with Gasteiger partial charge in [0.1, 0.15) is 0 Å². The first-order valence-corrected chi connectivity index (χ1v) is 6.15. The maximum atomic E-state index is 3.50. The van der Waals surface area contributed by atoms with Crippen LogP contribution >= 0.6 is 11.9 Å². The van der Waals surface area contributed by atoms with Gasteiger partial charge in [-0.05, 0) is 36.9 Å². The smallest absolute Gasteiger partial charge is 0.0228 e. The van der Waals surface area contributed by atoms with E-state index >= 15 is 0 Å². The Hall–Kier alpha value is -0.470. The van der Waals surface area contributed by atoms with E-state index in [0.717, 1.165) is 0 Å². The summed E-state index contributed by atoms with van der Waals surface area (Å²) in [5.41, 5.74) is 0. The van der Waals surface area contributed by atoms with Crippen molar-refractivity contribution in [2.45, 2.75) is 44.0 Å². The predicted molar refractivity (Wildman–Crippen MR) is 64.4 cm³/mol. The fraction of sp³-hybridized carbons (Fsp3) is 0.500. The number of hydrogen-bond donors (Lipinski definition) is 1. The van der Waals surface area contributed by atoms with Crippen LogP contribution in [-0.2, 0) is 0 Å². The fourth-order valence-electron chi connectivity index (χ4n) is 1.33. The summed E-state index contributed by atoms with van der Waals surface area (Å²) in [5.74, 6) is 0. The lowest BCUT2D eigenvalue weighted by Gasteiger charge is -2.14. The van der Waals surface area contributed by atoms with Crippen molar-refractivity contribution >= 4 is 11.9 Å². The first-order chi connectivity index (χ1) is 6.86. The summed E-state index contributed by atoms with van der Waals surface area (Å²) >= 11 is 1.74. The van der Waals surface area contributed by atoms with Crippen molar-refractivity contribution in [3.05, 3.63) is 30.3 Å². The van der Waals surface area contributed by atoms with Crippen molar-refractivity contribution < 1.29 is 0 Å². The third kappa shape index (κ3) is 4.16. The molecule has 0 saturated heterocycles. The van der Waals surface area contributed by atoms with E-state index in [9.17, 15) is 0 Å². The Morgan fingerprint density at radius 2 is 1.93 bits per heavy atom. The molecule has 1 unspecified atom stereocenters. The first kappa shape index (κ1) is 11.6. The minimum atomic E-state index is 0.644. The van der Waals surface area contributed by atoms with Crippen LogP contribution in [0.5, 0.6) is 0 Å². The van der Waals surface area contributed by atoms with Crippen LogP contribution < -0.4 is 4.72 Å². The normalized spacial score (nSPS) is 12.7. The van der Waals surface area contributed by atoms with Crippen molar-refractivity contribution in [3.8, 4) is 0 Å². The Morgan fingerprint density at radius 3 is 2.50 bits per heavy atom. The summed E-state index contributed by atoms with van der Waals surface area (Å²) in [6.07, 6.45) is 3.71. The minimum Gasteiger partial charge on any atom is -0.257 e. The highest BCUT2D eigenvalue weighted by molar-refractivity contribution is 7.97. The molecule has 0 amide bonds. The number of hydrogen-bond acceptors (Lipinski definition) is 2. The summed E-state index contributed by atoms with van der Waals surface area (Å²) < 4.78 is 3.50. The molecule has 78 valence electrons. The summed E-state index contributed by atoms with van der Waals surface area (Å²) in [6.45, 7) is 4.47. The van der Waals surface area contributed by atoms with Gasteiger partial charge in [0.2, 0.25) is 0 Å². The molecule has 0 aliphatic rings. The van der Waals surface area contributed by atoms with Crippen LogP contribution in [0.25, 0.3) is 0 Å². The topological polar surface area (TPSA) is 12.0 Å². The highest BCUT2D eigenvalue weighted by Crippen LogP contribution is 2.16. The molecule has 0 fully saturated rings. The molecule has 0 aliphatic heterocycles. The van der Waals surface area contributed by atoms with Crippen molar-refractivity contribution in [1.82, 2.24) is 4.72 Å². The van der Waals surface area contributed by atoms with Gasteiger partial charge in [-0.25, -0.2) is 0 Å². The third-order valence-corrected chi connectivity index (χ3v) is 3.18. The fourth-order valence-corrected chi connectivity index (χ4v) is 2.22. The molecule has 0 heterocycles. The maximum absolute atomic E-state index is 3.50. The molecule has 1 N–H and O–H groups in total. The van der Waals surface area contributed by atoms with Crippen LogP contribution in [0.2, 0.25) is 0 Å². The van der Waals surface area contributed by atoms with E-state index in [1.807, 2.05) is 6.07 Å². The number of benzene rings is 1. The van der Waals surface area contributed by atoms with Crippen molar-refractivity contribution in [2.24, 2.45) is 0 Å². The Morgan fingerprint density at radius 1 is 1.21 bits per heavy atom. The van der Waals surface area contributed by atoms with Crippen LogP contribution in [-0.4, -0.2) is 6.04 Å². The van der Waals surface area contributed by atoms with Crippen molar-refractivity contribution in [2.75, 3.05) is 0 Å². The zero-order valence-electron chi connectivity index (χ0n) is 8.99. The van der Waals surface area contributed by atoms with E-state index < -0.39 is 0 Å². The lowest BCUT2D eigenvalue weighted by molar-refractivity contribution is 0.555. The van der Waals surface area contributed by atoms with Gasteiger partial charge in [-0.2, -0.15) is 0 Å². The summed E-state index contributed by atoms with van der Waals surface area (Å²) in [7, 11) is 0. The van der Waals surface area contributed by atoms with Gasteiger partial charge < -0.3 is 0 Å². The predicted octanol–water partition coefficient (Wildman–Crippen LogP) is 3.86. The highest BCUT2D eigenvalue weighted by Gasteiger charge is 2.03. The second-order valence-electron chi connectivity index (χ2n) is 3.43. The molecule has 2 heteroatoms. The van der Waals surface area contributed by atoms with E-state index in [-0.39, 0.29) is 0 Å². The van der Waals surface area contributed by atoms with Crippen LogP contribution in [0.4, 0.5) is 0 Å². The molecule has 1 aromatic rings. The highest BCUT2D eigenvalue weighted by atomic mass is 32.2. The third-order valence-electron chi connectivity index (χ3n) is 2.22. The van der Waals surface area contributed by atoms with Gasteiger partial charge in [-0.3, -0.25) is 4.72 Å². The number of nitrogens with one attached hydrogen (secondary N) is 1. The molecule has 0 aromatic heterocycles. The number of rotatable bonds is 6. The van der Waals surface area contributed by atoms with Crippen LogP contribution in [0, 0.1) is 0 Å². The SMILES string of the molecule is CCCC(CC)NSc1ccccc1. The van der Waals surface area contributed by atoms with Gasteiger partial charge in [0.05, 0.1) is 0 Å². The zero-order valence-corrected chi connectivity index (χ0v) is 9.81. The molecule has 1 nitrogen and oxygen atoms in total. The Kier molecular flexibility index (Phi) is 5.72. The van der Waals surface area contributed by atoms with E-state index in [2.05, 4.69) is 42.8 Å². The van der Waals surface area contributed by atoms with Gasteiger partial charge >= 0.3 is 0 Å². The molecule has 0 spiro atoms. The van der Waals surface area contributed by atoms with Gasteiger partial charge in [0.25, 0.3) is 0 Å². The van der Waals surface area contributed by atoms with Gasteiger partial charge in [0, 0.05) is 10.9 Å². The molecule has 0 saturated carbocycles. The molecular weight excluding hydrogens is 190 g/mol. The molecule has 0 aliphatic carbocycles. The molecular formula is C12H19NS. The van der Waals surface area contributed by atoms with E-state index in [4.69, 9.17) is 0 Å². The first-order valence-electron chi connectivity index (χ1n) is 5.34. The summed E-state index contributed by atoms with van der Waals surface area (Å²) in [6, 6.07) is 11.1. The zero-order chi connectivity index (χ0) is 10.2. The quantitative estimate of drug-likeness (QED) is 0.714. The monoisotopic (exact) mass is 209 g/mol. The van der Waals surface area contributed by atoms with Gasteiger partial charge in [-0.15, -0.1) is 0 Å². The molecule has 0 radical (unpaired) electrons. The average molecular weight is 209 g/mol. The van der Waals surface area contributed by atoms with E-state index in [1.165, 1.54) is 24.2 Å². The van der Waals surface area contributed by atoms with E-state index in [1.54, 1.807) is 11.9 Å². The Balaban J connectivity index is 2.32. The van der Waals surface area contributed by atoms with E-state index in [0.29, 0.717) is 6.04 Å². The minimum absolute atomic E-state index is 0.644. The van der Waals surface area contributed by atoms with Gasteiger partial charge in [-0.1, -0.05) is 38.5 Å². The van der Waals surface area contributed by atoms with Crippen LogP contribution in [0.15, 0.2) is 35.2 Å². The second-order valence-corrected chi connectivity index (χ2v) is 4.34. The Labute approximate surface area is 91.4 Å². The Bertz CT molecular complexity index is 235. The maximum Gasteiger partial charge on any atom is 0.0228 e. The van der Waals surface area contributed by atoms with Gasteiger partial charge in [0.15, 0.2) is 0 Å². The van der Waals surface area contributed by atoms with Crippen molar-refractivity contribution in [1.29, 1.82) is 0 Å². The van der Waals surface area contributed by atoms with Crippen LogP contribution in [0.1, 0.15) is 33.1 Å². The molecule has 1 rings (SSSR count). The van der Waals surface area contributed by atoms with Crippen molar-refractivity contribution in [3.63, 3.8) is 0 Å². The molecule has 0 bridgehead atoms. The standard InChI is InChI=1S/C12H19NS/c1-3-8-11(4-2)13-14-12-9-6-5-7-10-12/h5-7,9-11,13H,3-4,8H2,1-2H3. The largest absolute Gasteiger partial charge is 0.257 e. The summed E-state index contributed by atoms with van der Waals surface area (Å²) in [4.78, 5) is 1.29. The lowest BCUT2D eigenvalue weighted by Crippen LogP contribution is -2.21. The lowest BCUT2D eigenvalue weighted by atomic mass is 10.1. The average Bonchev–Trinajstić information content (AvgIpc) is 2.25.